The van der Waals surface area contributed by atoms with Crippen LogP contribution in [0.25, 0.3) is 11.0 Å². The molecule has 0 radical (unpaired) electrons. The molecule has 1 aromatic heterocycles. The summed E-state index contributed by atoms with van der Waals surface area (Å²) in [6, 6.07) is 2.87. The van der Waals surface area contributed by atoms with Crippen molar-refractivity contribution >= 4 is 16.9 Å². The lowest BCUT2D eigenvalue weighted by Crippen LogP contribution is -2.12. The molecule has 1 aromatic carbocycles. The van der Waals surface area contributed by atoms with Crippen molar-refractivity contribution in [2.24, 2.45) is 0 Å². The van der Waals surface area contributed by atoms with Crippen LogP contribution in [0.4, 0.5) is 0 Å². The Bertz CT molecular complexity index is 890. The molecule has 0 amide bonds. The smallest absolute Gasteiger partial charge is 0.374 e. The van der Waals surface area contributed by atoms with Crippen LogP contribution < -0.4 is 5.43 Å². The number of phenolic OH excluding ortho intramolecular Hbond substituents is 1. The van der Waals surface area contributed by atoms with Crippen molar-refractivity contribution in [2.45, 2.75) is 32.0 Å². The molecule has 0 spiro atoms. The first kappa shape index (κ1) is 16.1. The maximum absolute atomic E-state index is 12.5. The Labute approximate surface area is 143 Å². The first-order valence-corrected chi connectivity index (χ1v) is 8.28. The molecule has 2 saturated heterocycles. The highest BCUT2D eigenvalue weighted by Crippen LogP contribution is 2.34. The fourth-order valence-corrected chi connectivity index (χ4v) is 2.92. The van der Waals surface area contributed by atoms with Gasteiger partial charge in [0.1, 0.15) is 16.7 Å². The number of carbonyl (C=O) groups is 1. The van der Waals surface area contributed by atoms with Crippen LogP contribution in [0.1, 0.15) is 28.6 Å². The molecule has 132 valence electrons. The lowest BCUT2D eigenvalue weighted by atomic mass is 9.98. The van der Waals surface area contributed by atoms with E-state index in [0.29, 0.717) is 31.6 Å². The van der Waals surface area contributed by atoms with Crippen LogP contribution in [0.15, 0.2) is 21.3 Å². The molecule has 0 bridgehead atoms. The number of rotatable bonds is 6. The summed E-state index contributed by atoms with van der Waals surface area (Å²) < 4.78 is 21.1. The molecular formula is C18H18O7. The fourth-order valence-electron chi connectivity index (χ4n) is 2.92. The van der Waals surface area contributed by atoms with Crippen LogP contribution in [-0.2, 0) is 27.1 Å². The van der Waals surface area contributed by atoms with E-state index in [1.165, 1.54) is 0 Å². The van der Waals surface area contributed by atoms with Gasteiger partial charge in [-0.25, -0.2) is 4.79 Å². The highest BCUT2D eigenvalue weighted by Gasteiger charge is 2.29. The Balaban J connectivity index is 1.87. The minimum absolute atomic E-state index is 0.0642. The second-order valence-electron chi connectivity index (χ2n) is 6.26. The minimum Gasteiger partial charge on any atom is -0.507 e. The topological polar surface area (TPSA) is 102 Å². The van der Waals surface area contributed by atoms with Crippen molar-refractivity contribution in [3.05, 3.63) is 39.2 Å². The second kappa shape index (κ2) is 6.16. The largest absolute Gasteiger partial charge is 0.507 e. The van der Waals surface area contributed by atoms with Crippen molar-refractivity contribution in [1.29, 1.82) is 0 Å². The summed E-state index contributed by atoms with van der Waals surface area (Å²) in [5.41, 5.74) is 1.11. The van der Waals surface area contributed by atoms with Gasteiger partial charge in [0.2, 0.25) is 5.76 Å². The summed E-state index contributed by atoms with van der Waals surface area (Å²) in [6.45, 7) is 3.14. The maximum Gasteiger partial charge on any atom is 0.374 e. The lowest BCUT2D eigenvalue weighted by Gasteiger charge is -2.12. The summed E-state index contributed by atoms with van der Waals surface area (Å²) in [7, 11) is 0. The van der Waals surface area contributed by atoms with E-state index in [1.807, 2.05) is 0 Å². The van der Waals surface area contributed by atoms with E-state index in [0.717, 1.165) is 11.6 Å². The molecule has 1 N–H and O–H groups in total. The van der Waals surface area contributed by atoms with Gasteiger partial charge in [-0.1, -0.05) is 0 Å². The highest BCUT2D eigenvalue weighted by atomic mass is 16.6. The molecule has 2 aliphatic rings. The standard InChI is InChI=1S/C18H18O7/c1-2-22-18(21)14-6-13(19)15-16(20)9(4-11-7-23-11)3-10(17(15)25-14)5-12-8-24-12/h3,6,11-12,20H,2,4-5,7-8H2,1H3. The van der Waals surface area contributed by atoms with Gasteiger partial charge in [-0.05, 0) is 24.1 Å². The summed E-state index contributed by atoms with van der Waals surface area (Å²) in [5.74, 6) is -0.991. The van der Waals surface area contributed by atoms with Crippen molar-refractivity contribution in [3.8, 4) is 5.75 Å². The Kier molecular flexibility index (Phi) is 3.97. The number of epoxide rings is 2. The zero-order valence-electron chi connectivity index (χ0n) is 13.7. The molecule has 2 aliphatic heterocycles. The SMILES string of the molecule is CCOC(=O)c1cc(=O)c2c(O)c(CC3CO3)cc(CC3CO3)c2o1. The molecule has 25 heavy (non-hydrogen) atoms. The molecule has 2 aromatic rings. The van der Waals surface area contributed by atoms with Gasteiger partial charge in [-0.2, -0.15) is 0 Å². The van der Waals surface area contributed by atoms with Crippen molar-refractivity contribution in [2.75, 3.05) is 19.8 Å². The van der Waals surface area contributed by atoms with Gasteiger partial charge in [0, 0.05) is 18.9 Å². The molecule has 2 unspecified atom stereocenters. The van der Waals surface area contributed by atoms with E-state index in [2.05, 4.69) is 0 Å². The van der Waals surface area contributed by atoms with Crippen LogP contribution in [0, 0.1) is 0 Å². The molecule has 7 nitrogen and oxygen atoms in total. The minimum atomic E-state index is -0.704. The van der Waals surface area contributed by atoms with E-state index < -0.39 is 11.4 Å². The first-order chi connectivity index (χ1) is 12.1. The van der Waals surface area contributed by atoms with Crippen LogP contribution in [0.2, 0.25) is 0 Å². The average molecular weight is 346 g/mol. The third-order valence-corrected chi connectivity index (χ3v) is 4.31. The van der Waals surface area contributed by atoms with Crippen LogP contribution in [-0.4, -0.2) is 43.1 Å². The summed E-state index contributed by atoms with van der Waals surface area (Å²) in [5, 5.41) is 10.6. The zero-order chi connectivity index (χ0) is 17.6. The van der Waals surface area contributed by atoms with E-state index in [1.54, 1.807) is 13.0 Å². The molecule has 3 heterocycles. The Morgan fingerprint density at radius 2 is 1.84 bits per heavy atom. The number of carbonyl (C=O) groups excluding carboxylic acids is 1. The number of ether oxygens (including phenoxy) is 3. The number of esters is 1. The van der Waals surface area contributed by atoms with E-state index in [-0.39, 0.29) is 41.3 Å². The lowest BCUT2D eigenvalue weighted by molar-refractivity contribution is 0.0490. The number of hydrogen-bond acceptors (Lipinski definition) is 7. The average Bonchev–Trinajstić information content (AvgIpc) is 3.47. The first-order valence-electron chi connectivity index (χ1n) is 8.28. The fraction of sp³-hybridized carbons (Fsp3) is 0.444. The predicted octanol–water partition coefficient (Wildman–Crippen LogP) is 1.56. The maximum atomic E-state index is 12.5. The van der Waals surface area contributed by atoms with Gasteiger partial charge in [0.25, 0.3) is 0 Å². The van der Waals surface area contributed by atoms with Gasteiger partial charge in [0.05, 0.1) is 32.0 Å². The third kappa shape index (κ3) is 3.25. The number of fused-ring (bicyclic) bond motifs is 1. The van der Waals surface area contributed by atoms with Gasteiger partial charge in [-0.3, -0.25) is 4.79 Å². The predicted molar refractivity (Wildman–Crippen MR) is 87.0 cm³/mol. The third-order valence-electron chi connectivity index (χ3n) is 4.31. The van der Waals surface area contributed by atoms with Gasteiger partial charge in [-0.15, -0.1) is 0 Å². The summed E-state index contributed by atoms with van der Waals surface area (Å²) in [4.78, 5) is 24.5. The second-order valence-corrected chi connectivity index (χ2v) is 6.26. The highest BCUT2D eigenvalue weighted by molar-refractivity contribution is 5.92. The van der Waals surface area contributed by atoms with Crippen molar-refractivity contribution in [3.63, 3.8) is 0 Å². The summed E-state index contributed by atoms with van der Waals surface area (Å²) in [6.07, 6.45) is 1.21. The van der Waals surface area contributed by atoms with Gasteiger partial charge in [0.15, 0.2) is 5.43 Å². The molecule has 4 rings (SSSR count). The molecule has 7 heteroatoms. The van der Waals surface area contributed by atoms with Crippen molar-refractivity contribution < 1.29 is 28.5 Å². The Morgan fingerprint density at radius 3 is 2.44 bits per heavy atom. The summed E-state index contributed by atoms with van der Waals surface area (Å²) >= 11 is 0. The van der Waals surface area contributed by atoms with E-state index >= 15 is 0 Å². The van der Waals surface area contributed by atoms with Crippen molar-refractivity contribution in [1.82, 2.24) is 0 Å². The van der Waals surface area contributed by atoms with Crippen LogP contribution in [0.5, 0.6) is 5.75 Å². The van der Waals surface area contributed by atoms with E-state index in [9.17, 15) is 14.7 Å². The molecule has 0 aliphatic carbocycles. The van der Waals surface area contributed by atoms with Gasteiger partial charge < -0.3 is 23.7 Å². The van der Waals surface area contributed by atoms with Crippen LogP contribution in [0.3, 0.4) is 0 Å². The van der Waals surface area contributed by atoms with Gasteiger partial charge >= 0.3 is 5.97 Å². The Morgan fingerprint density at radius 1 is 1.20 bits per heavy atom. The number of hydrogen-bond donors (Lipinski definition) is 1. The van der Waals surface area contributed by atoms with E-state index in [4.69, 9.17) is 18.6 Å². The van der Waals surface area contributed by atoms with Crippen LogP contribution >= 0.6 is 0 Å². The quantitative estimate of drug-likeness (QED) is 0.625. The molecule has 0 saturated carbocycles. The Hall–Kier alpha value is -2.38. The molecule has 2 atom stereocenters. The number of phenols is 1. The number of aromatic hydroxyl groups is 1. The molecule has 2 fully saturated rings. The normalized spacial score (nSPS) is 21.3. The zero-order valence-corrected chi connectivity index (χ0v) is 13.7. The molecular weight excluding hydrogens is 328 g/mol. The number of benzene rings is 1. The monoisotopic (exact) mass is 346 g/mol.